The number of nitrogens with zero attached hydrogens (tertiary/aromatic N) is 3. The van der Waals surface area contributed by atoms with Gasteiger partial charge in [0.25, 0.3) is 0 Å². The van der Waals surface area contributed by atoms with E-state index in [1.807, 2.05) is 17.0 Å². The van der Waals surface area contributed by atoms with Gasteiger partial charge in [-0.15, -0.1) is 0 Å². The Hall–Kier alpha value is -1.95. The number of ether oxygens (including phenoxy) is 1. The highest BCUT2D eigenvalue weighted by molar-refractivity contribution is 5.73. The lowest BCUT2D eigenvalue weighted by Gasteiger charge is -2.43. The number of nitrogen functional groups attached to an aromatic ring is 1. The first-order valence-electron chi connectivity index (χ1n) is 8.76. The zero-order valence-electron chi connectivity index (χ0n) is 14.7. The number of nitrogens with two attached hydrogens (primary N) is 1. The fourth-order valence-electron chi connectivity index (χ4n) is 3.79. The van der Waals surface area contributed by atoms with Crippen LogP contribution >= 0.6 is 0 Å². The van der Waals surface area contributed by atoms with Crippen LogP contribution in [-0.4, -0.2) is 68.1 Å². The van der Waals surface area contributed by atoms with E-state index >= 15 is 0 Å². The number of hydrogen-bond acceptors (Lipinski definition) is 5. The van der Waals surface area contributed by atoms with Crippen LogP contribution in [0.25, 0.3) is 0 Å². The Morgan fingerprint density at radius 3 is 2.38 bits per heavy atom. The average Bonchev–Trinajstić information content (AvgIpc) is 2.62. The first-order valence-corrected chi connectivity index (χ1v) is 8.76. The summed E-state index contributed by atoms with van der Waals surface area (Å²) in [6.07, 6.45) is 2.32. The summed E-state index contributed by atoms with van der Waals surface area (Å²) in [5.74, 6) is 0.941. The standard InChI is InChI=1S/C18H28N4O2/c1-14(23)20-9-11-22(12-10-20)15-5-7-21(8-6-15)16-3-4-17(19)18(13-16)24-2/h3-4,13,15H,5-12,19H2,1-2H3. The Kier molecular flexibility index (Phi) is 5.14. The van der Waals surface area contributed by atoms with Crippen LogP contribution in [0.5, 0.6) is 5.75 Å². The average molecular weight is 332 g/mol. The highest BCUT2D eigenvalue weighted by Crippen LogP contribution is 2.30. The first-order chi connectivity index (χ1) is 11.6. The molecule has 0 atom stereocenters. The molecule has 1 aromatic carbocycles. The lowest BCUT2D eigenvalue weighted by Crippen LogP contribution is -2.54. The summed E-state index contributed by atoms with van der Waals surface area (Å²) >= 11 is 0. The van der Waals surface area contributed by atoms with Crippen molar-refractivity contribution >= 4 is 17.3 Å². The lowest BCUT2D eigenvalue weighted by molar-refractivity contribution is -0.130. The molecule has 24 heavy (non-hydrogen) atoms. The minimum Gasteiger partial charge on any atom is -0.495 e. The van der Waals surface area contributed by atoms with E-state index in [1.54, 1.807) is 14.0 Å². The number of carbonyl (C=O) groups excluding carboxylic acids is 1. The Morgan fingerprint density at radius 1 is 1.12 bits per heavy atom. The zero-order chi connectivity index (χ0) is 17.1. The van der Waals surface area contributed by atoms with E-state index in [0.29, 0.717) is 11.7 Å². The van der Waals surface area contributed by atoms with Gasteiger partial charge in [0.2, 0.25) is 5.91 Å². The predicted molar refractivity (Wildman–Crippen MR) is 96.5 cm³/mol. The fourth-order valence-corrected chi connectivity index (χ4v) is 3.79. The Morgan fingerprint density at radius 2 is 1.79 bits per heavy atom. The number of rotatable bonds is 3. The van der Waals surface area contributed by atoms with Gasteiger partial charge in [0.15, 0.2) is 0 Å². The van der Waals surface area contributed by atoms with Crippen molar-refractivity contribution in [2.45, 2.75) is 25.8 Å². The molecule has 6 nitrogen and oxygen atoms in total. The largest absolute Gasteiger partial charge is 0.495 e. The molecule has 0 radical (unpaired) electrons. The highest BCUT2D eigenvalue weighted by Gasteiger charge is 2.28. The van der Waals surface area contributed by atoms with Gasteiger partial charge in [0.05, 0.1) is 12.8 Å². The number of methoxy groups -OCH3 is 1. The normalized spacial score (nSPS) is 20.2. The maximum Gasteiger partial charge on any atom is 0.219 e. The molecular formula is C18H28N4O2. The second kappa shape index (κ2) is 7.30. The molecule has 1 amide bonds. The third-order valence-corrected chi connectivity index (χ3v) is 5.32. The SMILES string of the molecule is COc1cc(N2CCC(N3CCN(C(C)=O)CC3)CC2)ccc1N. The number of anilines is 2. The molecule has 2 N–H and O–H groups in total. The Balaban J connectivity index is 1.54. The van der Waals surface area contributed by atoms with Crippen molar-refractivity contribution in [2.75, 3.05) is 57.0 Å². The maximum atomic E-state index is 11.4. The van der Waals surface area contributed by atoms with E-state index < -0.39 is 0 Å². The molecule has 6 heteroatoms. The number of piperazine rings is 1. The summed E-state index contributed by atoms with van der Waals surface area (Å²) in [4.78, 5) is 18.4. The summed E-state index contributed by atoms with van der Waals surface area (Å²) in [5.41, 5.74) is 7.76. The number of amides is 1. The third kappa shape index (κ3) is 3.59. The molecule has 0 aliphatic carbocycles. The van der Waals surface area contributed by atoms with E-state index in [1.165, 1.54) is 5.69 Å². The van der Waals surface area contributed by atoms with Crippen LogP contribution in [0.2, 0.25) is 0 Å². The molecular weight excluding hydrogens is 304 g/mol. The van der Waals surface area contributed by atoms with Crippen molar-refractivity contribution in [2.24, 2.45) is 0 Å². The molecule has 3 rings (SSSR count). The third-order valence-electron chi connectivity index (χ3n) is 5.32. The van der Waals surface area contributed by atoms with Crippen molar-refractivity contribution in [1.82, 2.24) is 9.80 Å². The number of piperidine rings is 1. The van der Waals surface area contributed by atoms with Crippen LogP contribution < -0.4 is 15.4 Å². The molecule has 0 spiro atoms. The Bertz CT molecular complexity index is 576. The summed E-state index contributed by atoms with van der Waals surface area (Å²) in [6.45, 7) is 7.49. The van der Waals surface area contributed by atoms with E-state index in [9.17, 15) is 4.79 Å². The van der Waals surface area contributed by atoms with E-state index in [2.05, 4.69) is 15.9 Å². The van der Waals surface area contributed by atoms with Crippen LogP contribution in [0.4, 0.5) is 11.4 Å². The fraction of sp³-hybridized carbons (Fsp3) is 0.611. The monoisotopic (exact) mass is 332 g/mol. The molecule has 0 saturated carbocycles. The molecule has 0 unspecified atom stereocenters. The van der Waals surface area contributed by atoms with Crippen LogP contribution in [-0.2, 0) is 4.79 Å². The number of carbonyl (C=O) groups is 1. The molecule has 2 aliphatic rings. The topological polar surface area (TPSA) is 62.0 Å². The van der Waals surface area contributed by atoms with Gasteiger partial charge >= 0.3 is 0 Å². The highest BCUT2D eigenvalue weighted by atomic mass is 16.5. The van der Waals surface area contributed by atoms with Crippen molar-refractivity contribution < 1.29 is 9.53 Å². The van der Waals surface area contributed by atoms with Crippen molar-refractivity contribution in [3.63, 3.8) is 0 Å². The van der Waals surface area contributed by atoms with Crippen molar-refractivity contribution in [3.05, 3.63) is 18.2 Å². The van der Waals surface area contributed by atoms with Gasteiger partial charge in [-0.05, 0) is 25.0 Å². The van der Waals surface area contributed by atoms with Crippen molar-refractivity contribution in [1.29, 1.82) is 0 Å². The zero-order valence-corrected chi connectivity index (χ0v) is 14.7. The van der Waals surface area contributed by atoms with Gasteiger partial charge < -0.3 is 20.3 Å². The molecule has 1 aromatic rings. The Labute approximate surface area is 144 Å². The number of benzene rings is 1. The van der Waals surface area contributed by atoms with E-state index in [4.69, 9.17) is 10.5 Å². The van der Waals surface area contributed by atoms with Gasteiger partial charge in [0.1, 0.15) is 5.75 Å². The quantitative estimate of drug-likeness (QED) is 0.848. The first kappa shape index (κ1) is 16.9. The van der Waals surface area contributed by atoms with Gasteiger partial charge in [-0.25, -0.2) is 0 Å². The summed E-state index contributed by atoms with van der Waals surface area (Å²) in [5, 5.41) is 0. The maximum absolute atomic E-state index is 11.4. The van der Waals surface area contributed by atoms with Crippen LogP contribution in [0.15, 0.2) is 18.2 Å². The van der Waals surface area contributed by atoms with E-state index in [0.717, 1.165) is 57.9 Å². The molecule has 2 aliphatic heterocycles. The smallest absolute Gasteiger partial charge is 0.219 e. The molecule has 2 saturated heterocycles. The lowest BCUT2D eigenvalue weighted by atomic mass is 10.0. The van der Waals surface area contributed by atoms with Crippen molar-refractivity contribution in [3.8, 4) is 5.75 Å². The minimum atomic E-state index is 0.196. The molecule has 2 heterocycles. The second-order valence-corrected chi connectivity index (χ2v) is 6.69. The van der Waals surface area contributed by atoms with Crippen LogP contribution in [0.1, 0.15) is 19.8 Å². The minimum absolute atomic E-state index is 0.196. The van der Waals surface area contributed by atoms with Gasteiger partial charge in [-0.1, -0.05) is 0 Å². The molecule has 0 bridgehead atoms. The van der Waals surface area contributed by atoms with Crippen LogP contribution in [0, 0.1) is 0 Å². The van der Waals surface area contributed by atoms with Gasteiger partial charge in [-0.3, -0.25) is 9.69 Å². The second-order valence-electron chi connectivity index (χ2n) is 6.69. The summed E-state index contributed by atoms with van der Waals surface area (Å²) in [6, 6.07) is 6.65. The van der Waals surface area contributed by atoms with Gasteiger partial charge in [0, 0.05) is 64.0 Å². The molecule has 0 aromatic heterocycles. The van der Waals surface area contributed by atoms with E-state index in [-0.39, 0.29) is 5.91 Å². The molecule has 132 valence electrons. The predicted octanol–water partition coefficient (Wildman–Crippen LogP) is 1.41. The van der Waals surface area contributed by atoms with Crippen LogP contribution in [0.3, 0.4) is 0 Å². The summed E-state index contributed by atoms with van der Waals surface area (Å²) < 4.78 is 5.33. The summed E-state index contributed by atoms with van der Waals surface area (Å²) in [7, 11) is 1.66. The van der Waals surface area contributed by atoms with Gasteiger partial charge in [-0.2, -0.15) is 0 Å². The number of hydrogen-bond donors (Lipinski definition) is 1. The molecule has 2 fully saturated rings.